The number of guanidine groups is 1. The lowest BCUT2D eigenvalue weighted by atomic mass is 10.2. The van der Waals surface area contributed by atoms with E-state index in [0.29, 0.717) is 13.1 Å². The fourth-order valence-electron chi connectivity index (χ4n) is 1.86. The minimum absolute atomic E-state index is 0.0574. The van der Waals surface area contributed by atoms with Crippen LogP contribution in [0.1, 0.15) is 55.4 Å². The molecule has 0 rings (SSSR count). The lowest BCUT2D eigenvalue weighted by Gasteiger charge is -2.26. The number of hydrogen-bond donors (Lipinski definition) is 1. The van der Waals surface area contributed by atoms with E-state index in [1.54, 1.807) is 51.9 Å². The monoisotopic (exact) mass is 425 g/mol. The molecule has 7 nitrogen and oxygen atoms in total. The molecular weight excluding hydrogens is 390 g/mol. The van der Waals surface area contributed by atoms with E-state index in [2.05, 4.69) is 23.5 Å². The molecule has 0 fully saturated rings. The Labute approximate surface area is 179 Å². The summed E-state index contributed by atoms with van der Waals surface area (Å²) in [7, 11) is 0. The SMILES string of the molecule is C=CSC(=C)/C(C)=C/CN(CC)/C(=N/C(=O)OC(C)(C)C)NC(=O)OC(C)(C)C. The van der Waals surface area contributed by atoms with Crippen LogP contribution in [0.25, 0.3) is 0 Å². The third-order valence-electron chi connectivity index (χ3n) is 3.17. The first-order valence-corrected chi connectivity index (χ1v) is 10.3. The molecule has 2 amide bonds. The van der Waals surface area contributed by atoms with E-state index in [4.69, 9.17) is 9.47 Å². The van der Waals surface area contributed by atoms with E-state index in [9.17, 15) is 9.59 Å². The average Bonchev–Trinajstić information content (AvgIpc) is 2.51. The van der Waals surface area contributed by atoms with Gasteiger partial charge >= 0.3 is 12.2 Å². The summed E-state index contributed by atoms with van der Waals surface area (Å²) in [4.78, 5) is 31.0. The van der Waals surface area contributed by atoms with Gasteiger partial charge in [0.1, 0.15) is 11.2 Å². The zero-order valence-corrected chi connectivity index (χ0v) is 19.7. The number of thioether (sulfide) groups is 1. The number of likely N-dealkylation sites (N-methyl/N-ethyl adjacent to an activating group) is 1. The average molecular weight is 426 g/mol. The third-order valence-corrected chi connectivity index (χ3v) is 3.94. The van der Waals surface area contributed by atoms with Crippen LogP contribution in [-0.4, -0.2) is 47.3 Å². The van der Waals surface area contributed by atoms with Crippen molar-refractivity contribution < 1.29 is 19.1 Å². The first kappa shape index (κ1) is 26.8. The van der Waals surface area contributed by atoms with Gasteiger partial charge in [0, 0.05) is 18.0 Å². The van der Waals surface area contributed by atoms with Crippen LogP contribution in [0.4, 0.5) is 9.59 Å². The Kier molecular flexibility index (Phi) is 10.8. The minimum Gasteiger partial charge on any atom is -0.444 e. The van der Waals surface area contributed by atoms with Crippen LogP contribution in [0.5, 0.6) is 0 Å². The van der Waals surface area contributed by atoms with Crippen molar-refractivity contribution in [1.29, 1.82) is 0 Å². The molecule has 0 bridgehead atoms. The van der Waals surface area contributed by atoms with E-state index in [0.717, 1.165) is 10.5 Å². The van der Waals surface area contributed by atoms with Gasteiger partial charge in [-0.1, -0.05) is 31.0 Å². The summed E-state index contributed by atoms with van der Waals surface area (Å²) >= 11 is 1.43. The first-order valence-electron chi connectivity index (χ1n) is 9.38. The highest BCUT2D eigenvalue weighted by atomic mass is 32.2. The maximum absolute atomic E-state index is 12.3. The van der Waals surface area contributed by atoms with Gasteiger partial charge in [-0.05, 0) is 66.4 Å². The molecule has 0 aliphatic carbocycles. The van der Waals surface area contributed by atoms with Crippen molar-refractivity contribution in [1.82, 2.24) is 10.2 Å². The standard InChI is InChI=1S/C21H35N3O4S/c1-11-24(14-13-15(3)16(4)29-12-2)17(22-18(25)27-20(5,6)7)23-19(26)28-21(8,9)10/h12-13H,2,4,11,14H2,1,3,5-10H3,(H,22,23,25,26)/b15-13+. The molecule has 1 N–H and O–H groups in total. The van der Waals surface area contributed by atoms with E-state index in [1.165, 1.54) is 11.8 Å². The predicted molar refractivity (Wildman–Crippen MR) is 121 cm³/mol. The lowest BCUT2D eigenvalue weighted by molar-refractivity contribution is 0.0555. The Morgan fingerprint density at radius 2 is 1.69 bits per heavy atom. The second-order valence-corrected chi connectivity index (χ2v) is 9.24. The van der Waals surface area contributed by atoms with E-state index < -0.39 is 23.4 Å². The number of hydrogen-bond acceptors (Lipinski definition) is 5. The molecule has 0 unspecified atom stereocenters. The molecule has 29 heavy (non-hydrogen) atoms. The van der Waals surface area contributed by atoms with Gasteiger partial charge in [-0.2, -0.15) is 0 Å². The fraction of sp³-hybridized carbons (Fsp3) is 0.571. The van der Waals surface area contributed by atoms with Crippen molar-refractivity contribution >= 4 is 29.9 Å². The molecule has 0 radical (unpaired) electrons. The molecule has 0 heterocycles. The first-order chi connectivity index (χ1) is 13.2. The summed E-state index contributed by atoms with van der Waals surface area (Å²) in [5, 5.41) is 4.27. The third kappa shape index (κ3) is 12.8. The number of allylic oxidation sites excluding steroid dienone is 1. The highest BCUT2D eigenvalue weighted by molar-refractivity contribution is 8.06. The molecule has 0 spiro atoms. The van der Waals surface area contributed by atoms with Gasteiger partial charge in [0.2, 0.25) is 5.96 Å². The highest BCUT2D eigenvalue weighted by Crippen LogP contribution is 2.21. The largest absolute Gasteiger partial charge is 0.444 e. The molecule has 0 aromatic heterocycles. The molecule has 0 aromatic carbocycles. The second-order valence-electron chi connectivity index (χ2n) is 8.18. The number of carbonyl (C=O) groups excluding carboxylic acids is 2. The van der Waals surface area contributed by atoms with E-state index in [-0.39, 0.29) is 5.96 Å². The summed E-state index contributed by atoms with van der Waals surface area (Å²) in [6.07, 6.45) is 0.434. The number of amides is 2. The van der Waals surface area contributed by atoms with Crippen molar-refractivity contribution in [2.75, 3.05) is 13.1 Å². The van der Waals surface area contributed by atoms with Crippen LogP contribution < -0.4 is 5.32 Å². The zero-order chi connectivity index (χ0) is 22.8. The Bertz CT molecular complexity index is 670. The smallest absolute Gasteiger partial charge is 0.437 e. The number of alkyl carbamates (subject to hydrolysis) is 1. The number of carbonyl (C=O) groups is 2. The van der Waals surface area contributed by atoms with Crippen molar-refractivity contribution in [3.8, 4) is 0 Å². The van der Waals surface area contributed by atoms with Gasteiger partial charge in [-0.15, -0.1) is 4.99 Å². The van der Waals surface area contributed by atoms with Gasteiger partial charge in [-0.3, -0.25) is 5.32 Å². The Morgan fingerprint density at radius 1 is 1.14 bits per heavy atom. The van der Waals surface area contributed by atoms with E-state index in [1.807, 2.05) is 19.9 Å². The van der Waals surface area contributed by atoms with Crippen molar-refractivity contribution in [2.24, 2.45) is 4.99 Å². The minimum atomic E-state index is -0.797. The van der Waals surface area contributed by atoms with Crippen LogP contribution in [-0.2, 0) is 9.47 Å². The number of nitrogens with zero attached hydrogens (tertiary/aromatic N) is 2. The maximum atomic E-state index is 12.3. The molecule has 0 saturated carbocycles. The van der Waals surface area contributed by atoms with E-state index >= 15 is 0 Å². The number of ether oxygens (including phenoxy) is 2. The summed E-state index contributed by atoms with van der Waals surface area (Å²) in [6, 6.07) is 0. The van der Waals surface area contributed by atoms with Gasteiger partial charge in [0.15, 0.2) is 0 Å². The summed E-state index contributed by atoms with van der Waals surface area (Å²) in [6.45, 7) is 22.9. The Balaban J connectivity index is 5.63. The van der Waals surface area contributed by atoms with Crippen LogP contribution in [0.15, 0.2) is 40.1 Å². The van der Waals surface area contributed by atoms with Crippen LogP contribution in [0.3, 0.4) is 0 Å². The van der Waals surface area contributed by atoms with Gasteiger partial charge < -0.3 is 14.4 Å². The molecular formula is C21H35N3O4S. The molecule has 0 atom stereocenters. The second kappa shape index (κ2) is 11.7. The molecule has 164 valence electrons. The normalized spacial score (nSPS) is 12.8. The Morgan fingerprint density at radius 3 is 2.14 bits per heavy atom. The fourth-order valence-corrected chi connectivity index (χ4v) is 2.33. The zero-order valence-electron chi connectivity index (χ0n) is 18.9. The lowest BCUT2D eigenvalue weighted by Crippen LogP contribution is -2.46. The quantitative estimate of drug-likeness (QED) is 0.346. The van der Waals surface area contributed by atoms with Crippen LogP contribution in [0, 0.1) is 0 Å². The molecule has 0 aliphatic rings. The topological polar surface area (TPSA) is 80.2 Å². The molecule has 8 heteroatoms. The van der Waals surface area contributed by atoms with Crippen molar-refractivity contribution in [3.63, 3.8) is 0 Å². The van der Waals surface area contributed by atoms with Crippen LogP contribution >= 0.6 is 11.8 Å². The predicted octanol–water partition coefficient (Wildman–Crippen LogP) is 5.46. The number of aliphatic imine (C=N–C) groups is 1. The number of rotatable bonds is 6. The highest BCUT2D eigenvalue weighted by Gasteiger charge is 2.22. The van der Waals surface area contributed by atoms with Crippen LogP contribution in [0.2, 0.25) is 0 Å². The van der Waals surface area contributed by atoms with Gasteiger partial charge in [0.05, 0.1) is 0 Å². The molecule has 0 saturated heterocycles. The molecule has 0 aromatic rings. The van der Waals surface area contributed by atoms with Crippen molar-refractivity contribution in [3.05, 3.63) is 35.1 Å². The van der Waals surface area contributed by atoms with Crippen molar-refractivity contribution in [2.45, 2.75) is 66.6 Å². The van der Waals surface area contributed by atoms with Gasteiger partial charge in [-0.25, -0.2) is 9.59 Å². The summed E-state index contributed by atoms with van der Waals surface area (Å²) in [5.41, 5.74) is -0.429. The van der Waals surface area contributed by atoms with Gasteiger partial charge in [0.25, 0.3) is 0 Å². The Hall–Kier alpha value is -2.22. The number of nitrogens with one attached hydrogen (secondary N) is 1. The summed E-state index contributed by atoms with van der Waals surface area (Å²) in [5.74, 6) is 0.0574. The maximum Gasteiger partial charge on any atom is 0.437 e. The molecule has 0 aliphatic heterocycles. The summed E-state index contributed by atoms with van der Waals surface area (Å²) < 4.78 is 10.5.